The van der Waals surface area contributed by atoms with Crippen molar-refractivity contribution in [1.82, 2.24) is 10.2 Å². The van der Waals surface area contributed by atoms with E-state index in [9.17, 15) is 4.79 Å². The van der Waals surface area contributed by atoms with Gasteiger partial charge >= 0.3 is 11.9 Å². The number of carbonyl (C=O) groups excluding carboxylic acids is 1. The molecular formula is C23H36N2O5. The second-order valence-corrected chi connectivity index (χ2v) is 8.53. The molecule has 1 heterocycles. The van der Waals surface area contributed by atoms with Crippen LogP contribution in [0.5, 0.6) is 0 Å². The smallest absolute Gasteiger partial charge is 0.414 e. The lowest BCUT2D eigenvalue weighted by molar-refractivity contribution is -0.159. The quantitative estimate of drug-likeness (QED) is 0.584. The Morgan fingerprint density at radius 3 is 1.97 bits per heavy atom. The summed E-state index contributed by atoms with van der Waals surface area (Å²) in [6.45, 7) is 12.7. The van der Waals surface area contributed by atoms with Gasteiger partial charge in [-0.05, 0) is 55.3 Å². The van der Waals surface area contributed by atoms with Gasteiger partial charge in [0.25, 0.3) is 0 Å². The molecule has 7 heteroatoms. The zero-order chi connectivity index (χ0) is 22.7. The molecule has 1 amide bonds. The second-order valence-electron chi connectivity index (χ2n) is 8.53. The fourth-order valence-corrected chi connectivity index (χ4v) is 3.25. The van der Waals surface area contributed by atoms with E-state index in [1.807, 2.05) is 0 Å². The summed E-state index contributed by atoms with van der Waals surface area (Å²) >= 11 is 0. The molecule has 3 N–H and O–H groups in total. The summed E-state index contributed by atoms with van der Waals surface area (Å²) in [5.74, 6) is -1.95. The summed E-state index contributed by atoms with van der Waals surface area (Å²) in [5, 5.41) is 17.9. The van der Waals surface area contributed by atoms with Crippen LogP contribution in [-0.4, -0.2) is 52.6 Å². The van der Waals surface area contributed by atoms with Gasteiger partial charge in [-0.15, -0.1) is 0 Å². The van der Waals surface area contributed by atoms with Crippen molar-refractivity contribution >= 4 is 17.8 Å². The Balaban J connectivity index is 0.000000656. The average Bonchev–Trinajstić information content (AvgIpc) is 2.69. The van der Waals surface area contributed by atoms with E-state index < -0.39 is 11.9 Å². The molecule has 0 spiro atoms. The molecular weight excluding hydrogens is 384 g/mol. The van der Waals surface area contributed by atoms with Gasteiger partial charge in [-0.2, -0.15) is 0 Å². The van der Waals surface area contributed by atoms with E-state index >= 15 is 0 Å². The number of aliphatic carboxylic acids is 2. The van der Waals surface area contributed by atoms with Gasteiger partial charge in [0, 0.05) is 19.0 Å². The van der Waals surface area contributed by atoms with Crippen LogP contribution in [0.15, 0.2) is 24.3 Å². The van der Waals surface area contributed by atoms with Crippen LogP contribution in [0, 0.1) is 11.8 Å². The molecule has 168 valence electrons. The number of hydrogen-bond donors (Lipinski definition) is 3. The van der Waals surface area contributed by atoms with E-state index in [1.165, 1.54) is 11.1 Å². The first kappa shape index (κ1) is 25.6. The topological polar surface area (TPSA) is 107 Å². The number of hydrogen-bond acceptors (Lipinski definition) is 4. The lowest BCUT2D eigenvalue weighted by Gasteiger charge is -2.31. The summed E-state index contributed by atoms with van der Waals surface area (Å²) in [5.41, 5.74) is 2.77. The first-order valence-electron chi connectivity index (χ1n) is 10.6. The van der Waals surface area contributed by atoms with Gasteiger partial charge in [-0.25, -0.2) is 9.59 Å². The number of carboxylic acids is 2. The summed E-state index contributed by atoms with van der Waals surface area (Å²) in [6, 6.07) is 8.99. The Morgan fingerprint density at radius 1 is 1.00 bits per heavy atom. The van der Waals surface area contributed by atoms with Crippen molar-refractivity contribution < 1.29 is 24.6 Å². The lowest BCUT2D eigenvalue weighted by atomic mass is 9.95. The van der Waals surface area contributed by atoms with E-state index in [-0.39, 0.29) is 11.8 Å². The third-order valence-electron chi connectivity index (χ3n) is 5.21. The minimum absolute atomic E-state index is 0.205. The Hall–Kier alpha value is -2.41. The Kier molecular flexibility index (Phi) is 11.1. The van der Waals surface area contributed by atoms with E-state index in [0.717, 1.165) is 45.4 Å². The largest absolute Gasteiger partial charge is 0.473 e. The fraction of sp³-hybridized carbons (Fsp3) is 0.609. The normalized spacial score (nSPS) is 14.9. The third kappa shape index (κ3) is 9.87. The first-order chi connectivity index (χ1) is 14.1. The molecule has 1 saturated heterocycles. The molecule has 1 aromatic rings. The van der Waals surface area contributed by atoms with Crippen LogP contribution in [0.3, 0.4) is 0 Å². The van der Waals surface area contributed by atoms with Crippen molar-refractivity contribution in [3.8, 4) is 0 Å². The standard InChI is InChI=1S/C21H34N2O.C2H2O4/c1-16(2)9-12-22-21(24)20-10-13-23(14-11-20)15-18-5-7-19(8-6-18)17(3)4;3-1(4)2(5)6/h5-8,16-17,20H,9-15H2,1-4H3,(H,22,24);(H,3,4)(H,5,6). The molecule has 2 rings (SSSR count). The van der Waals surface area contributed by atoms with Gasteiger partial charge in [0.2, 0.25) is 5.91 Å². The number of carboxylic acid groups (broad SMARTS) is 2. The van der Waals surface area contributed by atoms with Gasteiger partial charge in [0.15, 0.2) is 0 Å². The van der Waals surface area contributed by atoms with Gasteiger partial charge < -0.3 is 15.5 Å². The summed E-state index contributed by atoms with van der Waals surface area (Å²) in [7, 11) is 0. The molecule has 7 nitrogen and oxygen atoms in total. The van der Waals surface area contributed by atoms with Crippen LogP contribution in [-0.2, 0) is 20.9 Å². The fourth-order valence-electron chi connectivity index (χ4n) is 3.25. The molecule has 0 unspecified atom stereocenters. The highest BCUT2D eigenvalue weighted by Crippen LogP contribution is 2.20. The molecule has 0 aromatic heterocycles. The number of carbonyl (C=O) groups is 3. The Labute approximate surface area is 179 Å². The molecule has 0 saturated carbocycles. The van der Waals surface area contributed by atoms with Crippen molar-refractivity contribution in [2.24, 2.45) is 11.8 Å². The average molecular weight is 421 g/mol. The van der Waals surface area contributed by atoms with E-state index in [1.54, 1.807) is 0 Å². The van der Waals surface area contributed by atoms with Gasteiger partial charge in [0.1, 0.15) is 0 Å². The van der Waals surface area contributed by atoms with Crippen LogP contribution in [0.25, 0.3) is 0 Å². The summed E-state index contributed by atoms with van der Waals surface area (Å²) in [6.07, 6.45) is 3.03. The van der Waals surface area contributed by atoms with Crippen LogP contribution < -0.4 is 5.32 Å². The highest BCUT2D eigenvalue weighted by atomic mass is 16.4. The number of piperidine rings is 1. The van der Waals surface area contributed by atoms with Crippen molar-refractivity contribution in [2.45, 2.75) is 59.4 Å². The number of nitrogens with zero attached hydrogens (tertiary/aromatic N) is 1. The molecule has 1 aliphatic rings. The molecule has 0 aliphatic carbocycles. The monoisotopic (exact) mass is 420 g/mol. The molecule has 0 bridgehead atoms. The van der Waals surface area contributed by atoms with E-state index in [0.29, 0.717) is 11.8 Å². The van der Waals surface area contributed by atoms with Crippen molar-refractivity contribution in [2.75, 3.05) is 19.6 Å². The highest BCUT2D eigenvalue weighted by molar-refractivity contribution is 6.27. The van der Waals surface area contributed by atoms with E-state index in [4.69, 9.17) is 19.8 Å². The van der Waals surface area contributed by atoms with Crippen molar-refractivity contribution in [3.05, 3.63) is 35.4 Å². The highest BCUT2D eigenvalue weighted by Gasteiger charge is 2.24. The van der Waals surface area contributed by atoms with Crippen molar-refractivity contribution in [3.63, 3.8) is 0 Å². The summed E-state index contributed by atoms with van der Waals surface area (Å²) in [4.78, 5) is 32.9. The zero-order valence-corrected chi connectivity index (χ0v) is 18.6. The summed E-state index contributed by atoms with van der Waals surface area (Å²) < 4.78 is 0. The van der Waals surface area contributed by atoms with Crippen LogP contribution in [0.2, 0.25) is 0 Å². The lowest BCUT2D eigenvalue weighted by Crippen LogP contribution is -2.40. The number of benzene rings is 1. The van der Waals surface area contributed by atoms with Gasteiger partial charge in [-0.3, -0.25) is 9.69 Å². The maximum absolute atomic E-state index is 12.2. The minimum atomic E-state index is -1.82. The molecule has 0 atom stereocenters. The maximum atomic E-state index is 12.2. The number of amides is 1. The molecule has 1 fully saturated rings. The number of likely N-dealkylation sites (tertiary alicyclic amines) is 1. The Morgan fingerprint density at radius 2 is 1.53 bits per heavy atom. The third-order valence-corrected chi connectivity index (χ3v) is 5.21. The maximum Gasteiger partial charge on any atom is 0.414 e. The number of nitrogens with one attached hydrogen (secondary N) is 1. The predicted molar refractivity (Wildman–Crippen MR) is 116 cm³/mol. The zero-order valence-electron chi connectivity index (χ0n) is 18.6. The Bertz CT molecular complexity index is 665. The van der Waals surface area contributed by atoms with Crippen LogP contribution in [0.1, 0.15) is 64.0 Å². The predicted octanol–water partition coefficient (Wildman–Crippen LogP) is 3.34. The molecule has 1 aliphatic heterocycles. The molecule has 1 aromatic carbocycles. The second kappa shape index (κ2) is 13.0. The molecule has 30 heavy (non-hydrogen) atoms. The van der Waals surface area contributed by atoms with Crippen LogP contribution in [0.4, 0.5) is 0 Å². The first-order valence-corrected chi connectivity index (χ1v) is 10.6. The van der Waals surface area contributed by atoms with E-state index in [2.05, 4.69) is 62.2 Å². The molecule has 0 radical (unpaired) electrons. The van der Waals surface area contributed by atoms with Gasteiger partial charge in [0.05, 0.1) is 0 Å². The SMILES string of the molecule is CC(C)CCNC(=O)C1CCN(Cc2ccc(C(C)C)cc2)CC1.O=C(O)C(=O)O. The van der Waals surface area contributed by atoms with Crippen LogP contribution >= 0.6 is 0 Å². The van der Waals surface area contributed by atoms with Crippen molar-refractivity contribution in [1.29, 1.82) is 0 Å². The minimum Gasteiger partial charge on any atom is -0.473 e. The van der Waals surface area contributed by atoms with Gasteiger partial charge in [-0.1, -0.05) is 52.0 Å². The number of rotatable bonds is 7.